The highest BCUT2D eigenvalue weighted by Gasteiger charge is 2.24. The van der Waals surface area contributed by atoms with Gasteiger partial charge in [-0.05, 0) is 32.6 Å². The molecule has 1 saturated heterocycles. The lowest BCUT2D eigenvalue weighted by Gasteiger charge is -2.33. The standard InChI is InChI=1S/C22H38N4O2S/c1-16(2)13-25-10-11-28-20(14-25)12-23-21(27)15-29-22-24-17(3)18(4)26(22)19-8-6-5-7-9-19/h16,19-20H,5-15H2,1-4H3,(H,23,27). The van der Waals surface area contributed by atoms with E-state index in [1.165, 1.54) is 37.8 Å². The second-order valence-electron chi connectivity index (χ2n) is 8.97. The van der Waals surface area contributed by atoms with Crippen LogP contribution < -0.4 is 5.32 Å². The molecule has 1 aliphatic heterocycles. The molecule has 2 heterocycles. The molecule has 1 aliphatic carbocycles. The molecule has 1 atom stereocenters. The van der Waals surface area contributed by atoms with Crippen molar-refractivity contribution in [1.29, 1.82) is 0 Å². The molecule has 0 radical (unpaired) electrons. The van der Waals surface area contributed by atoms with Crippen molar-refractivity contribution in [2.24, 2.45) is 5.92 Å². The molecule has 2 fully saturated rings. The van der Waals surface area contributed by atoms with Gasteiger partial charge in [0.05, 0.1) is 24.2 Å². The fourth-order valence-corrected chi connectivity index (χ4v) is 5.45. The quantitative estimate of drug-likeness (QED) is 0.649. The number of hydrogen-bond donors (Lipinski definition) is 1. The van der Waals surface area contributed by atoms with Gasteiger partial charge in [0, 0.05) is 37.9 Å². The first kappa shape index (κ1) is 22.6. The third-order valence-electron chi connectivity index (χ3n) is 6.00. The van der Waals surface area contributed by atoms with Crippen LogP contribution in [-0.2, 0) is 9.53 Å². The Labute approximate surface area is 180 Å². The normalized spacial score (nSPS) is 21.6. The van der Waals surface area contributed by atoms with Crippen molar-refractivity contribution in [3.63, 3.8) is 0 Å². The lowest BCUT2D eigenvalue weighted by atomic mass is 9.95. The van der Waals surface area contributed by atoms with Gasteiger partial charge in [0.2, 0.25) is 5.91 Å². The average molecular weight is 423 g/mol. The number of morpholine rings is 1. The Bertz CT molecular complexity index is 670. The zero-order chi connectivity index (χ0) is 20.8. The minimum absolute atomic E-state index is 0.0630. The zero-order valence-corrected chi connectivity index (χ0v) is 19.4. The van der Waals surface area contributed by atoms with E-state index in [-0.39, 0.29) is 12.0 Å². The molecule has 1 amide bonds. The van der Waals surface area contributed by atoms with Crippen molar-refractivity contribution < 1.29 is 9.53 Å². The minimum Gasteiger partial charge on any atom is -0.374 e. The van der Waals surface area contributed by atoms with Gasteiger partial charge in [-0.3, -0.25) is 9.69 Å². The lowest BCUT2D eigenvalue weighted by molar-refractivity contribution is -0.119. The Morgan fingerprint density at radius 1 is 1.28 bits per heavy atom. The Kier molecular flexibility index (Phi) is 8.45. The van der Waals surface area contributed by atoms with E-state index < -0.39 is 0 Å². The first-order valence-electron chi connectivity index (χ1n) is 11.2. The van der Waals surface area contributed by atoms with Gasteiger partial charge in [-0.15, -0.1) is 0 Å². The molecule has 164 valence electrons. The maximum Gasteiger partial charge on any atom is 0.230 e. The van der Waals surface area contributed by atoms with Gasteiger partial charge in [0.25, 0.3) is 0 Å². The molecule has 2 aliphatic rings. The molecule has 1 aromatic rings. The summed E-state index contributed by atoms with van der Waals surface area (Å²) in [6, 6.07) is 0.540. The van der Waals surface area contributed by atoms with Gasteiger partial charge < -0.3 is 14.6 Å². The highest BCUT2D eigenvalue weighted by molar-refractivity contribution is 7.99. The van der Waals surface area contributed by atoms with E-state index in [4.69, 9.17) is 9.72 Å². The summed E-state index contributed by atoms with van der Waals surface area (Å²) in [5.74, 6) is 1.12. The number of hydrogen-bond acceptors (Lipinski definition) is 5. The summed E-state index contributed by atoms with van der Waals surface area (Å²) in [5, 5.41) is 4.07. The van der Waals surface area contributed by atoms with Crippen molar-refractivity contribution in [2.75, 3.05) is 38.5 Å². The Balaban J connectivity index is 1.48. The number of nitrogens with zero attached hydrogens (tertiary/aromatic N) is 3. The molecular formula is C22H38N4O2S. The first-order valence-corrected chi connectivity index (χ1v) is 12.2. The van der Waals surface area contributed by atoms with Crippen LogP contribution >= 0.6 is 11.8 Å². The van der Waals surface area contributed by atoms with Crippen molar-refractivity contribution >= 4 is 17.7 Å². The van der Waals surface area contributed by atoms with Crippen LogP contribution in [0, 0.1) is 19.8 Å². The minimum atomic E-state index is 0.0630. The van der Waals surface area contributed by atoms with Crippen molar-refractivity contribution in [2.45, 2.75) is 77.1 Å². The number of carbonyl (C=O) groups is 1. The third-order valence-corrected chi connectivity index (χ3v) is 6.95. The van der Waals surface area contributed by atoms with E-state index in [1.54, 1.807) is 11.8 Å². The highest BCUT2D eigenvalue weighted by atomic mass is 32.2. The smallest absolute Gasteiger partial charge is 0.230 e. The van der Waals surface area contributed by atoms with Crippen LogP contribution in [0.1, 0.15) is 63.4 Å². The molecule has 0 spiro atoms. The molecule has 7 heteroatoms. The largest absolute Gasteiger partial charge is 0.374 e. The predicted octanol–water partition coefficient (Wildman–Crippen LogP) is 3.57. The van der Waals surface area contributed by atoms with Crippen molar-refractivity contribution in [1.82, 2.24) is 19.8 Å². The van der Waals surface area contributed by atoms with Gasteiger partial charge >= 0.3 is 0 Å². The van der Waals surface area contributed by atoms with E-state index >= 15 is 0 Å². The summed E-state index contributed by atoms with van der Waals surface area (Å²) >= 11 is 1.57. The van der Waals surface area contributed by atoms with E-state index in [0.29, 0.717) is 24.3 Å². The molecule has 1 saturated carbocycles. The monoisotopic (exact) mass is 422 g/mol. The summed E-state index contributed by atoms with van der Waals surface area (Å²) < 4.78 is 8.23. The maximum absolute atomic E-state index is 12.5. The number of thioether (sulfide) groups is 1. The highest BCUT2D eigenvalue weighted by Crippen LogP contribution is 2.34. The predicted molar refractivity (Wildman–Crippen MR) is 119 cm³/mol. The summed E-state index contributed by atoms with van der Waals surface area (Å²) in [6.07, 6.45) is 6.46. The number of rotatable bonds is 8. The lowest BCUT2D eigenvalue weighted by Crippen LogP contribution is -2.48. The van der Waals surface area contributed by atoms with Crippen LogP contribution in [0.4, 0.5) is 0 Å². The molecule has 6 nitrogen and oxygen atoms in total. The van der Waals surface area contributed by atoms with Crippen LogP contribution in [0.2, 0.25) is 0 Å². The Morgan fingerprint density at radius 3 is 2.76 bits per heavy atom. The van der Waals surface area contributed by atoms with Crippen LogP contribution in [-0.4, -0.2) is 65.0 Å². The van der Waals surface area contributed by atoms with Gasteiger partial charge in [0.15, 0.2) is 5.16 Å². The average Bonchev–Trinajstić information content (AvgIpc) is 2.99. The molecular weight excluding hydrogens is 384 g/mol. The summed E-state index contributed by atoms with van der Waals surface area (Å²) in [5.41, 5.74) is 2.33. The number of aryl methyl sites for hydroxylation is 1. The van der Waals surface area contributed by atoms with E-state index in [1.807, 2.05) is 0 Å². The maximum atomic E-state index is 12.5. The number of imidazole rings is 1. The molecule has 29 heavy (non-hydrogen) atoms. The Morgan fingerprint density at radius 2 is 2.03 bits per heavy atom. The second-order valence-corrected chi connectivity index (χ2v) is 9.91. The molecule has 1 unspecified atom stereocenters. The van der Waals surface area contributed by atoms with Gasteiger partial charge in [-0.25, -0.2) is 4.98 Å². The first-order chi connectivity index (χ1) is 13.9. The molecule has 1 N–H and O–H groups in total. The number of aromatic nitrogens is 2. The van der Waals surface area contributed by atoms with Crippen LogP contribution in [0.5, 0.6) is 0 Å². The number of amides is 1. The summed E-state index contributed by atoms with van der Waals surface area (Å²) in [7, 11) is 0. The summed E-state index contributed by atoms with van der Waals surface area (Å²) in [6.45, 7) is 13.0. The fourth-order valence-electron chi connectivity index (χ4n) is 4.46. The van der Waals surface area contributed by atoms with Crippen molar-refractivity contribution in [3.8, 4) is 0 Å². The fraction of sp³-hybridized carbons (Fsp3) is 0.818. The Hall–Kier alpha value is -1.05. The van der Waals surface area contributed by atoms with Crippen LogP contribution in [0.15, 0.2) is 5.16 Å². The molecule has 3 rings (SSSR count). The molecule has 1 aromatic heterocycles. The van der Waals surface area contributed by atoms with E-state index in [0.717, 1.165) is 37.1 Å². The topological polar surface area (TPSA) is 59.4 Å². The van der Waals surface area contributed by atoms with E-state index in [2.05, 4.69) is 42.5 Å². The molecule has 0 bridgehead atoms. The second kappa shape index (κ2) is 10.8. The van der Waals surface area contributed by atoms with Crippen LogP contribution in [0.25, 0.3) is 0 Å². The van der Waals surface area contributed by atoms with E-state index in [9.17, 15) is 4.79 Å². The third kappa shape index (κ3) is 6.46. The number of ether oxygens (including phenoxy) is 1. The van der Waals surface area contributed by atoms with Gasteiger partial charge in [0.1, 0.15) is 0 Å². The van der Waals surface area contributed by atoms with Crippen LogP contribution in [0.3, 0.4) is 0 Å². The molecule has 0 aromatic carbocycles. The zero-order valence-electron chi connectivity index (χ0n) is 18.6. The number of carbonyl (C=O) groups excluding carboxylic acids is 1. The summed E-state index contributed by atoms with van der Waals surface area (Å²) in [4.78, 5) is 19.7. The number of nitrogens with one attached hydrogen (secondary N) is 1. The van der Waals surface area contributed by atoms with Crippen molar-refractivity contribution in [3.05, 3.63) is 11.4 Å². The van der Waals surface area contributed by atoms with Gasteiger partial charge in [-0.1, -0.05) is 44.9 Å². The SMILES string of the molecule is Cc1nc(SCC(=O)NCC2CN(CC(C)C)CCO2)n(C2CCCCC2)c1C. The van der Waals surface area contributed by atoms with Gasteiger partial charge in [-0.2, -0.15) is 0 Å².